The Balaban J connectivity index is 0.00000121. The van der Waals surface area contributed by atoms with Crippen molar-refractivity contribution in [3.05, 3.63) is 58.9 Å². The number of hydrogen-bond acceptors (Lipinski definition) is 3. The zero-order valence-corrected chi connectivity index (χ0v) is 13.9. The van der Waals surface area contributed by atoms with Crippen LogP contribution in [0.1, 0.15) is 27.0 Å². The molecule has 1 aliphatic heterocycles. The number of benzene rings is 1. The van der Waals surface area contributed by atoms with E-state index in [0.29, 0.717) is 5.56 Å². The van der Waals surface area contributed by atoms with Crippen LogP contribution < -0.4 is 10.6 Å². The second-order valence-electron chi connectivity index (χ2n) is 5.12. The molecule has 0 saturated carbocycles. The largest absolute Gasteiger partial charge is 0.322 e. The molecule has 1 amide bonds. The van der Waals surface area contributed by atoms with Gasteiger partial charge in [0.2, 0.25) is 0 Å². The van der Waals surface area contributed by atoms with Crippen molar-refractivity contribution in [1.29, 1.82) is 0 Å². The van der Waals surface area contributed by atoms with Crippen molar-refractivity contribution in [2.75, 3.05) is 11.9 Å². The topological polar surface area (TPSA) is 54.0 Å². The summed E-state index contributed by atoms with van der Waals surface area (Å²) in [6.07, 6.45) is 4.37. The summed E-state index contributed by atoms with van der Waals surface area (Å²) in [5.41, 5.74) is 5.02. The van der Waals surface area contributed by atoms with Gasteiger partial charge in [0.05, 0.1) is 5.56 Å². The van der Waals surface area contributed by atoms with Crippen LogP contribution in [0.25, 0.3) is 0 Å². The highest BCUT2D eigenvalue weighted by Gasteiger charge is 2.11. The standard InChI is InChI=1S/C16H17N3O.2ClH/c1-11-6-14(10-18-8-11)16(20)19-15-3-2-12-4-5-17-9-13(12)7-15;;/h2-3,6-8,10,17H,4-5,9H2,1H3,(H,19,20);2*1H. The third kappa shape index (κ3) is 4.19. The number of nitrogens with zero attached hydrogens (tertiary/aromatic N) is 1. The quantitative estimate of drug-likeness (QED) is 0.883. The maximum absolute atomic E-state index is 12.2. The highest BCUT2D eigenvalue weighted by Crippen LogP contribution is 2.19. The van der Waals surface area contributed by atoms with Gasteiger partial charge in [0.15, 0.2) is 0 Å². The van der Waals surface area contributed by atoms with Crippen LogP contribution in [0.2, 0.25) is 0 Å². The van der Waals surface area contributed by atoms with Gasteiger partial charge in [-0.15, -0.1) is 24.8 Å². The fourth-order valence-electron chi connectivity index (χ4n) is 2.44. The molecule has 0 unspecified atom stereocenters. The number of hydrogen-bond donors (Lipinski definition) is 2. The first-order chi connectivity index (χ1) is 9.72. The summed E-state index contributed by atoms with van der Waals surface area (Å²) >= 11 is 0. The van der Waals surface area contributed by atoms with E-state index in [4.69, 9.17) is 0 Å². The van der Waals surface area contributed by atoms with Gasteiger partial charge in [0, 0.05) is 24.6 Å². The molecule has 0 bridgehead atoms. The summed E-state index contributed by atoms with van der Waals surface area (Å²) in [5.74, 6) is -0.120. The number of aryl methyl sites for hydroxylation is 1. The van der Waals surface area contributed by atoms with Crippen molar-refractivity contribution in [1.82, 2.24) is 10.3 Å². The van der Waals surface area contributed by atoms with Gasteiger partial charge < -0.3 is 10.6 Å². The van der Waals surface area contributed by atoms with E-state index in [1.807, 2.05) is 25.1 Å². The predicted octanol–water partition coefficient (Wildman–Crippen LogP) is 3.13. The van der Waals surface area contributed by atoms with Crippen molar-refractivity contribution in [3.8, 4) is 0 Å². The van der Waals surface area contributed by atoms with E-state index in [0.717, 1.165) is 30.8 Å². The van der Waals surface area contributed by atoms with Crippen LogP contribution in [0.15, 0.2) is 36.7 Å². The number of carbonyl (C=O) groups excluding carboxylic acids is 1. The minimum atomic E-state index is -0.120. The number of halogens is 2. The van der Waals surface area contributed by atoms with Crippen LogP contribution in [0, 0.1) is 6.92 Å². The molecule has 1 aliphatic rings. The van der Waals surface area contributed by atoms with E-state index < -0.39 is 0 Å². The lowest BCUT2D eigenvalue weighted by Gasteiger charge is -2.18. The van der Waals surface area contributed by atoms with Crippen molar-refractivity contribution < 1.29 is 4.79 Å². The van der Waals surface area contributed by atoms with E-state index in [-0.39, 0.29) is 30.7 Å². The number of anilines is 1. The molecule has 0 atom stereocenters. The summed E-state index contributed by atoms with van der Waals surface area (Å²) in [6, 6.07) is 7.94. The molecule has 4 nitrogen and oxygen atoms in total. The smallest absolute Gasteiger partial charge is 0.257 e. The van der Waals surface area contributed by atoms with Gasteiger partial charge in [-0.3, -0.25) is 9.78 Å². The second-order valence-corrected chi connectivity index (χ2v) is 5.12. The first kappa shape index (κ1) is 18.4. The van der Waals surface area contributed by atoms with Crippen LogP contribution in [0.4, 0.5) is 5.69 Å². The molecule has 2 aromatic rings. The lowest BCUT2D eigenvalue weighted by Crippen LogP contribution is -2.23. The highest BCUT2D eigenvalue weighted by atomic mass is 35.5. The number of amides is 1. The molecule has 22 heavy (non-hydrogen) atoms. The van der Waals surface area contributed by atoms with Crippen molar-refractivity contribution in [2.24, 2.45) is 0 Å². The van der Waals surface area contributed by atoms with Gasteiger partial charge in [-0.25, -0.2) is 0 Å². The SMILES string of the molecule is Cc1cncc(C(=O)Nc2ccc3c(c2)CNCC3)c1.Cl.Cl. The van der Waals surface area contributed by atoms with Crippen LogP contribution in [0.5, 0.6) is 0 Å². The average molecular weight is 340 g/mol. The number of nitrogens with one attached hydrogen (secondary N) is 2. The lowest BCUT2D eigenvalue weighted by molar-refractivity contribution is 0.102. The molecule has 3 rings (SSSR count). The first-order valence-corrected chi connectivity index (χ1v) is 6.78. The monoisotopic (exact) mass is 339 g/mol. The molecule has 1 aromatic carbocycles. The van der Waals surface area contributed by atoms with E-state index in [1.54, 1.807) is 12.4 Å². The molecule has 0 spiro atoms. The Morgan fingerprint density at radius 3 is 2.77 bits per heavy atom. The molecule has 6 heteroatoms. The van der Waals surface area contributed by atoms with E-state index in [2.05, 4.69) is 21.7 Å². The van der Waals surface area contributed by atoms with E-state index in [9.17, 15) is 4.79 Å². The zero-order valence-electron chi connectivity index (χ0n) is 12.3. The Morgan fingerprint density at radius 1 is 1.18 bits per heavy atom. The molecule has 0 saturated heterocycles. The molecule has 1 aromatic heterocycles. The van der Waals surface area contributed by atoms with Gasteiger partial charge in [-0.1, -0.05) is 6.07 Å². The van der Waals surface area contributed by atoms with Gasteiger partial charge in [0.1, 0.15) is 0 Å². The average Bonchev–Trinajstić information content (AvgIpc) is 2.47. The minimum absolute atomic E-state index is 0. The number of fused-ring (bicyclic) bond motifs is 1. The molecule has 0 radical (unpaired) electrons. The number of aromatic nitrogens is 1. The maximum Gasteiger partial charge on any atom is 0.257 e. The summed E-state index contributed by atoms with van der Waals surface area (Å²) < 4.78 is 0. The lowest BCUT2D eigenvalue weighted by atomic mass is 10.0. The number of carbonyl (C=O) groups is 1. The third-order valence-electron chi connectivity index (χ3n) is 3.49. The van der Waals surface area contributed by atoms with Gasteiger partial charge >= 0.3 is 0 Å². The second kappa shape index (κ2) is 8.13. The van der Waals surface area contributed by atoms with Gasteiger partial charge in [-0.2, -0.15) is 0 Å². The van der Waals surface area contributed by atoms with Crippen LogP contribution in [-0.2, 0) is 13.0 Å². The summed E-state index contributed by atoms with van der Waals surface area (Å²) in [5, 5.41) is 6.27. The maximum atomic E-state index is 12.2. The summed E-state index contributed by atoms with van der Waals surface area (Å²) in [4.78, 5) is 16.2. The van der Waals surface area contributed by atoms with Crippen molar-refractivity contribution >= 4 is 36.4 Å². The molecule has 118 valence electrons. The Hall–Kier alpha value is -1.62. The summed E-state index contributed by atoms with van der Waals surface area (Å²) in [7, 11) is 0. The fourth-order valence-corrected chi connectivity index (χ4v) is 2.44. The molecular formula is C16H19Cl2N3O. The van der Waals surface area contributed by atoms with E-state index >= 15 is 0 Å². The van der Waals surface area contributed by atoms with Crippen LogP contribution >= 0.6 is 24.8 Å². The van der Waals surface area contributed by atoms with Crippen molar-refractivity contribution in [2.45, 2.75) is 19.9 Å². The van der Waals surface area contributed by atoms with Crippen molar-refractivity contribution in [3.63, 3.8) is 0 Å². The zero-order chi connectivity index (χ0) is 13.9. The molecule has 2 heterocycles. The molecule has 0 aliphatic carbocycles. The Bertz CT molecular complexity index is 662. The normalized spacial score (nSPS) is 12.4. The third-order valence-corrected chi connectivity index (χ3v) is 3.49. The number of pyridine rings is 1. The highest BCUT2D eigenvalue weighted by molar-refractivity contribution is 6.04. The van der Waals surface area contributed by atoms with Crippen LogP contribution in [0.3, 0.4) is 0 Å². The van der Waals surface area contributed by atoms with Crippen LogP contribution in [-0.4, -0.2) is 17.4 Å². The van der Waals surface area contributed by atoms with Gasteiger partial charge in [0.25, 0.3) is 5.91 Å². The molecular weight excluding hydrogens is 321 g/mol. The minimum Gasteiger partial charge on any atom is -0.322 e. The Labute approximate surface area is 142 Å². The predicted molar refractivity (Wildman–Crippen MR) is 93.3 cm³/mol. The Morgan fingerprint density at radius 2 is 2.00 bits per heavy atom. The molecule has 0 fully saturated rings. The fraction of sp³-hybridized carbons (Fsp3) is 0.250. The van der Waals surface area contributed by atoms with Gasteiger partial charge in [-0.05, 0) is 54.8 Å². The summed E-state index contributed by atoms with van der Waals surface area (Å²) in [6.45, 7) is 3.81. The first-order valence-electron chi connectivity index (χ1n) is 6.78. The molecule has 2 N–H and O–H groups in total. The van der Waals surface area contributed by atoms with E-state index in [1.165, 1.54) is 11.1 Å². The number of rotatable bonds is 2. The Kier molecular flexibility index (Phi) is 6.81.